The van der Waals surface area contributed by atoms with Crippen molar-refractivity contribution in [3.63, 3.8) is 0 Å². The molecule has 2 N–H and O–H groups in total. The van der Waals surface area contributed by atoms with Crippen molar-refractivity contribution in [2.45, 2.75) is 83.3 Å². The number of carbonyl (C=O) groups excluding carboxylic acids is 1. The van der Waals surface area contributed by atoms with Crippen LogP contribution >= 0.6 is 0 Å². The first kappa shape index (κ1) is 25.1. The van der Waals surface area contributed by atoms with Crippen LogP contribution in [0.25, 0.3) is 0 Å². The molecule has 1 saturated heterocycles. The highest BCUT2D eigenvalue weighted by molar-refractivity contribution is 5.75. The Morgan fingerprint density at radius 1 is 1.00 bits per heavy atom. The van der Waals surface area contributed by atoms with E-state index in [0.29, 0.717) is 56.7 Å². The van der Waals surface area contributed by atoms with Crippen LogP contribution in [0.2, 0.25) is 0 Å². The van der Waals surface area contributed by atoms with E-state index in [1.807, 2.05) is 25.1 Å². The standard InChI is InChI=1S/C30H42O5/c1-27(2)17-34-13-10-25-26-22(8-12-30(25,33)19-35-18-27)24-9-11-29(4,32)28(24,3)15-23(26)21-7-5-6-20(14-21)16-31/h5-7,14,16,22-24,32-33H,8-13,15,17-19H2,1-4H3. The molecule has 6 atom stereocenters. The van der Waals surface area contributed by atoms with Crippen LogP contribution in [0.5, 0.6) is 0 Å². The van der Waals surface area contributed by atoms with Gasteiger partial charge in [0.15, 0.2) is 0 Å². The van der Waals surface area contributed by atoms with Crippen molar-refractivity contribution >= 4 is 6.29 Å². The molecule has 1 aliphatic heterocycles. The summed E-state index contributed by atoms with van der Waals surface area (Å²) in [6.45, 7) is 10.6. The van der Waals surface area contributed by atoms with Crippen LogP contribution in [0.3, 0.4) is 0 Å². The number of aldehydes is 1. The number of benzene rings is 1. The maximum absolute atomic E-state index is 12.1. The topological polar surface area (TPSA) is 76.0 Å². The fourth-order valence-electron chi connectivity index (χ4n) is 7.81. The van der Waals surface area contributed by atoms with Crippen LogP contribution in [-0.2, 0) is 9.47 Å². The molecule has 0 radical (unpaired) electrons. The molecule has 5 heteroatoms. The van der Waals surface area contributed by atoms with Crippen molar-refractivity contribution in [3.8, 4) is 0 Å². The monoisotopic (exact) mass is 482 g/mol. The molecule has 3 aliphatic carbocycles. The lowest BCUT2D eigenvalue weighted by molar-refractivity contribution is -0.0985. The summed E-state index contributed by atoms with van der Waals surface area (Å²) >= 11 is 0. The van der Waals surface area contributed by atoms with Gasteiger partial charge in [-0.05, 0) is 74.5 Å². The highest BCUT2D eigenvalue weighted by atomic mass is 16.5. The van der Waals surface area contributed by atoms with Gasteiger partial charge in [-0.2, -0.15) is 0 Å². The zero-order valence-corrected chi connectivity index (χ0v) is 21.8. The lowest BCUT2D eigenvalue weighted by Gasteiger charge is -2.55. The molecule has 1 aromatic rings. The van der Waals surface area contributed by atoms with Crippen molar-refractivity contribution in [1.82, 2.24) is 0 Å². The summed E-state index contributed by atoms with van der Waals surface area (Å²) in [5.74, 6) is 0.737. The highest BCUT2D eigenvalue weighted by Crippen LogP contribution is 2.66. The van der Waals surface area contributed by atoms with E-state index in [9.17, 15) is 15.0 Å². The smallest absolute Gasteiger partial charge is 0.150 e. The van der Waals surface area contributed by atoms with Gasteiger partial charge >= 0.3 is 0 Å². The summed E-state index contributed by atoms with van der Waals surface area (Å²) in [6, 6.07) is 7.91. The van der Waals surface area contributed by atoms with Gasteiger partial charge in [-0.15, -0.1) is 0 Å². The molecule has 192 valence electrons. The Bertz CT molecular complexity index is 1010. The number of fused-ring (bicyclic) bond motifs is 4. The first-order valence-corrected chi connectivity index (χ1v) is 13.4. The molecular formula is C30H42O5. The van der Waals surface area contributed by atoms with Gasteiger partial charge in [0.1, 0.15) is 11.9 Å². The minimum atomic E-state index is -1.00. The Labute approximate surface area is 209 Å². The number of ether oxygens (including phenoxy) is 2. The second-order valence-electron chi connectivity index (χ2n) is 13.0. The summed E-state index contributed by atoms with van der Waals surface area (Å²) < 4.78 is 12.2. The normalized spacial score (nSPS) is 41.5. The van der Waals surface area contributed by atoms with E-state index in [0.717, 1.165) is 43.1 Å². The predicted molar refractivity (Wildman–Crippen MR) is 135 cm³/mol. The Kier molecular flexibility index (Phi) is 6.32. The molecule has 3 fully saturated rings. The van der Waals surface area contributed by atoms with Crippen LogP contribution in [0.15, 0.2) is 35.4 Å². The molecule has 0 bridgehead atoms. The van der Waals surface area contributed by atoms with Crippen LogP contribution in [0, 0.1) is 22.7 Å². The van der Waals surface area contributed by atoms with Crippen LogP contribution in [0.4, 0.5) is 0 Å². The number of allylic oxidation sites excluding steroid dienone is 1. The van der Waals surface area contributed by atoms with E-state index >= 15 is 0 Å². The number of hydrogen-bond donors (Lipinski definition) is 2. The van der Waals surface area contributed by atoms with E-state index in [2.05, 4.69) is 26.8 Å². The molecule has 1 heterocycles. The summed E-state index contributed by atoms with van der Waals surface area (Å²) in [5.41, 5.74) is 2.16. The maximum atomic E-state index is 12.1. The lowest BCUT2D eigenvalue weighted by Crippen LogP contribution is -2.53. The first-order valence-electron chi connectivity index (χ1n) is 13.4. The largest absolute Gasteiger partial charge is 0.390 e. The van der Waals surface area contributed by atoms with Gasteiger partial charge in [0, 0.05) is 22.3 Å². The van der Waals surface area contributed by atoms with Gasteiger partial charge in [0.2, 0.25) is 0 Å². The number of carbonyl (C=O) groups is 1. The van der Waals surface area contributed by atoms with Crippen molar-refractivity contribution in [1.29, 1.82) is 0 Å². The third-order valence-corrected chi connectivity index (χ3v) is 9.93. The Hall–Kier alpha value is -1.53. The minimum Gasteiger partial charge on any atom is -0.390 e. The molecular weight excluding hydrogens is 440 g/mol. The molecule has 5 rings (SSSR count). The maximum Gasteiger partial charge on any atom is 0.150 e. The van der Waals surface area contributed by atoms with Crippen LogP contribution < -0.4 is 0 Å². The second kappa shape index (κ2) is 8.79. The lowest BCUT2D eigenvalue weighted by atomic mass is 9.50. The Morgan fingerprint density at radius 2 is 1.77 bits per heavy atom. The number of hydrogen-bond acceptors (Lipinski definition) is 5. The molecule has 4 aliphatic rings. The molecule has 5 nitrogen and oxygen atoms in total. The average molecular weight is 483 g/mol. The molecule has 0 spiro atoms. The molecule has 35 heavy (non-hydrogen) atoms. The van der Waals surface area contributed by atoms with E-state index in [1.165, 1.54) is 5.57 Å². The summed E-state index contributed by atoms with van der Waals surface area (Å²) in [4.78, 5) is 11.6. The Morgan fingerprint density at radius 3 is 2.54 bits per heavy atom. The molecule has 0 aromatic heterocycles. The molecule has 6 unspecified atom stereocenters. The van der Waals surface area contributed by atoms with Crippen molar-refractivity contribution < 1.29 is 24.5 Å². The molecule has 0 amide bonds. The average Bonchev–Trinajstić information content (AvgIpc) is 3.05. The van der Waals surface area contributed by atoms with Crippen LogP contribution in [-0.4, -0.2) is 54.1 Å². The summed E-state index contributed by atoms with van der Waals surface area (Å²) in [7, 11) is 0. The zero-order chi connectivity index (χ0) is 25.1. The van der Waals surface area contributed by atoms with Crippen LogP contribution in [0.1, 0.15) is 88.1 Å². The van der Waals surface area contributed by atoms with Gasteiger partial charge in [-0.1, -0.05) is 44.5 Å². The quantitative estimate of drug-likeness (QED) is 0.455. The fraction of sp³-hybridized carbons (Fsp3) is 0.700. The SMILES string of the molecule is CC1(C)COCCC2=C3C(c4cccc(C=O)c4)CC4(C)C(CCC4(C)O)C3CCC2(O)COC1. The van der Waals surface area contributed by atoms with E-state index in [4.69, 9.17) is 9.47 Å². The van der Waals surface area contributed by atoms with Crippen molar-refractivity contribution in [3.05, 3.63) is 46.5 Å². The van der Waals surface area contributed by atoms with Crippen molar-refractivity contribution in [2.75, 3.05) is 26.4 Å². The summed E-state index contributed by atoms with van der Waals surface area (Å²) in [6.07, 6.45) is 5.78. The van der Waals surface area contributed by atoms with Gasteiger partial charge in [0.05, 0.1) is 32.0 Å². The third kappa shape index (κ3) is 4.22. The first-order chi connectivity index (χ1) is 16.5. The highest BCUT2D eigenvalue weighted by Gasteiger charge is 2.62. The Balaban J connectivity index is 1.64. The second-order valence-corrected chi connectivity index (χ2v) is 13.0. The van der Waals surface area contributed by atoms with Gasteiger partial charge in [-0.25, -0.2) is 0 Å². The predicted octanol–water partition coefficient (Wildman–Crippen LogP) is 5.05. The van der Waals surface area contributed by atoms with E-state index in [-0.39, 0.29) is 16.7 Å². The summed E-state index contributed by atoms with van der Waals surface area (Å²) in [5, 5.41) is 23.6. The van der Waals surface area contributed by atoms with Gasteiger partial charge in [-0.3, -0.25) is 4.79 Å². The van der Waals surface area contributed by atoms with E-state index in [1.54, 1.807) is 0 Å². The van der Waals surface area contributed by atoms with Gasteiger partial charge < -0.3 is 19.7 Å². The molecule has 1 aromatic carbocycles. The van der Waals surface area contributed by atoms with Gasteiger partial charge in [0.25, 0.3) is 0 Å². The van der Waals surface area contributed by atoms with Crippen molar-refractivity contribution in [2.24, 2.45) is 22.7 Å². The number of rotatable bonds is 2. The molecule has 2 saturated carbocycles. The zero-order valence-electron chi connectivity index (χ0n) is 21.8. The van der Waals surface area contributed by atoms with E-state index < -0.39 is 11.2 Å². The number of aliphatic hydroxyl groups is 2. The fourth-order valence-corrected chi connectivity index (χ4v) is 7.81. The third-order valence-electron chi connectivity index (χ3n) is 9.93. The minimum absolute atomic E-state index is 0.0481.